The Labute approximate surface area is 121 Å². The SMILES string of the molecule is CC(NC(=O)C1CCNC1)c1c(Cl)ccc(F)c1Cl. The molecule has 0 saturated carbocycles. The molecule has 1 saturated heterocycles. The minimum Gasteiger partial charge on any atom is -0.349 e. The summed E-state index contributed by atoms with van der Waals surface area (Å²) in [5, 5.41) is 6.27. The van der Waals surface area contributed by atoms with E-state index in [2.05, 4.69) is 10.6 Å². The summed E-state index contributed by atoms with van der Waals surface area (Å²) < 4.78 is 13.4. The van der Waals surface area contributed by atoms with Gasteiger partial charge in [-0.05, 0) is 32.0 Å². The molecule has 104 valence electrons. The summed E-state index contributed by atoms with van der Waals surface area (Å²) in [6, 6.07) is 2.23. The van der Waals surface area contributed by atoms with Crippen LogP contribution in [0.3, 0.4) is 0 Å². The van der Waals surface area contributed by atoms with Crippen LogP contribution in [-0.4, -0.2) is 19.0 Å². The Kier molecular flexibility index (Phi) is 4.66. The molecule has 2 atom stereocenters. The maximum absolute atomic E-state index is 13.4. The number of hydrogen-bond acceptors (Lipinski definition) is 2. The van der Waals surface area contributed by atoms with Crippen molar-refractivity contribution in [3.8, 4) is 0 Å². The molecule has 1 aliphatic rings. The zero-order valence-corrected chi connectivity index (χ0v) is 12.0. The van der Waals surface area contributed by atoms with Crippen LogP contribution in [0, 0.1) is 11.7 Å². The molecule has 0 bridgehead atoms. The Bertz CT molecular complexity index is 490. The Balaban J connectivity index is 2.13. The van der Waals surface area contributed by atoms with E-state index in [1.165, 1.54) is 12.1 Å². The molecule has 1 aromatic rings. The van der Waals surface area contributed by atoms with Crippen molar-refractivity contribution < 1.29 is 9.18 Å². The van der Waals surface area contributed by atoms with Gasteiger partial charge in [0.25, 0.3) is 0 Å². The van der Waals surface area contributed by atoms with Crippen molar-refractivity contribution in [1.82, 2.24) is 10.6 Å². The molecule has 0 radical (unpaired) electrons. The van der Waals surface area contributed by atoms with E-state index in [4.69, 9.17) is 23.2 Å². The van der Waals surface area contributed by atoms with Crippen molar-refractivity contribution in [2.45, 2.75) is 19.4 Å². The predicted molar refractivity (Wildman–Crippen MR) is 74.0 cm³/mol. The summed E-state index contributed by atoms with van der Waals surface area (Å²) in [6.45, 7) is 3.25. The van der Waals surface area contributed by atoms with Crippen LogP contribution in [0.25, 0.3) is 0 Å². The van der Waals surface area contributed by atoms with E-state index in [1.807, 2.05) is 0 Å². The molecule has 3 nitrogen and oxygen atoms in total. The molecule has 0 spiro atoms. The van der Waals surface area contributed by atoms with E-state index in [0.29, 0.717) is 17.1 Å². The van der Waals surface area contributed by atoms with Crippen LogP contribution >= 0.6 is 23.2 Å². The summed E-state index contributed by atoms with van der Waals surface area (Å²) in [5.41, 5.74) is 0.419. The quantitative estimate of drug-likeness (QED) is 0.843. The lowest BCUT2D eigenvalue weighted by Gasteiger charge is -2.19. The molecule has 0 aliphatic carbocycles. The topological polar surface area (TPSA) is 41.1 Å². The fourth-order valence-corrected chi connectivity index (χ4v) is 2.92. The maximum atomic E-state index is 13.4. The monoisotopic (exact) mass is 304 g/mol. The van der Waals surface area contributed by atoms with Crippen molar-refractivity contribution in [1.29, 1.82) is 0 Å². The second-order valence-electron chi connectivity index (χ2n) is 4.68. The van der Waals surface area contributed by atoms with Crippen LogP contribution in [-0.2, 0) is 4.79 Å². The first-order valence-corrected chi connectivity index (χ1v) is 6.90. The van der Waals surface area contributed by atoms with Gasteiger partial charge in [-0.15, -0.1) is 0 Å². The summed E-state index contributed by atoms with van der Waals surface area (Å²) in [7, 11) is 0. The number of nitrogens with one attached hydrogen (secondary N) is 2. The zero-order chi connectivity index (χ0) is 14.0. The van der Waals surface area contributed by atoms with Gasteiger partial charge < -0.3 is 10.6 Å². The normalized spacial score (nSPS) is 20.3. The van der Waals surface area contributed by atoms with Crippen LogP contribution in [0.2, 0.25) is 10.0 Å². The average Bonchev–Trinajstić information content (AvgIpc) is 2.88. The molecule has 0 aromatic heterocycles. The summed E-state index contributed by atoms with van der Waals surface area (Å²) in [6.07, 6.45) is 0.809. The van der Waals surface area contributed by atoms with Gasteiger partial charge in [-0.1, -0.05) is 23.2 Å². The minimum absolute atomic E-state index is 0.0372. The molecule has 2 N–H and O–H groups in total. The van der Waals surface area contributed by atoms with Gasteiger partial charge >= 0.3 is 0 Å². The Hall–Kier alpha value is -0.840. The first kappa shape index (κ1) is 14.6. The highest BCUT2D eigenvalue weighted by atomic mass is 35.5. The fraction of sp³-hybridized carbons (Fsp3) is 0.462. The number of amides is 1. The number of carbonyl (C=O) groups excluding carboxylic acids is 1. The van der Waals surface area contributed by atoms with E-state index in [-0.39, 0.29) is 16.8 Å². The Morgan fingerprint density at radius 1 is 1.53 bits per heavy atom. The molecular weight excluding hydrogens is 290 g/mol. The van der Waals surface area contributed by atoms with Crippen molar-refractivity contribution in [3.05, 3.63) is 33.6 Å². The second kappa shape index (κ2) is 6.07. The Morgan fingerprint density at radius 3 is 2.89 bits per heavy atom. The van der Waals surface area contributed by atoms with Gasteiger partial charge in [-0.25, -0.2) is 4.39 Å². The fourth-order valence-electron chi connectivity index (χ4n) is 2.22. The van der Waals surface area contributed by atoms with Crippen LogP contribution < -0.4 is 10.6 Å². The van der Waals surface area contributed by atoms with E-state index in [0.717, 1.165) is 13.0 Å². The Morgan fingerprint density at radius 2 is 2.26 bits per heavy atom. The highest BCUT2D eigenvalue weighted by Crippen LogP contribution is 2.32. The zero-order valence-electron chi connectivity index (χ0n) is 10.5. The molecule has 1 aliphatic heterocycles. The lowest BCUT2D eigenvalue weighted by molar-refractivity contribution is -0.125. The summed E-state index contributed by atoms with van der Waals surface area (Å²) in [5.74, 6) is -0.646. The van der Waals surface area contributed by atoms with Gasteiger partial charge in [0.05, 0.1) is 17.0 Å². The number of halogens is 3. The maximum Gasteiger partial charge on any atom is 0.224 e. The molecule has 2 rings (SSSR count). The van der Waals surface area contributed by atoms with Gasteiger partial charge in [-0.3, -0.25) is 4.79 Å². The van der Waals surface area contributed by atoms with Crippen molar-refractivity contribution in [3.63, 3.8) is 0 Å². The smallest absolute Gasteiger partial charge is 0.224 e. The third-order valence-electron chi connectivity index (χ3n) is 3.30. The van der Waals surface area contributed by atoms with Crippen LogP contribution in [0.4, 0.5) is 4.39 Å². The number of benzene rings is 1. The van der Waals surface area contributed by atoms with Gasteiger partial charge in [0, 0.05) is 17.1 Å². The van der Waals surface area contributed by atoms with Crippen molar-refractivity contribution >= 4 is 29.1 Å². The highest BCUT2D eigenvalue weighted by molar-refractivity contribution is 6.36. The van der Waals surface area contributed by atoms with Crippen LogP contribution in [0.1, 0.15) is 24.9 Å². The molecule has 2 unspecified atom stereocenters. The van der Waals surface area contributed by atoms with E-state index in [1.54, 1.807) is 6.92 Å². The van der Waals surface area contributed by atoms with Gasteiger partial charge in [-0.2, -0.15) is 0 Å². The molecule has 1 heterocycles. The first-order chi connectivity index (χ1) is 9.00. The van der Waals surface area contributed by atoms with E-state index < -0.39 is 11.9 Å². The highest BCUT2D eigenvalue weighted by Gasteiger charge is 2.25. The largest absolute Gasteiger partial charge is 0.349 e. The number of rotatable bonds is 3. The lowest BCUT2D eigenvalue weighted by Crippen LogP contribution is -2.34. The predicted octanol–water partition coefficient (Wildman–Crippen LogP) is 2.92. The first-order valence-electron chi connectivity index (χ1n) is 6.15. The van der Waals surface area contributed by atoms with Crippen molar-refractivity contribution in [2.24, 2.45) is 5.92 Å². The second-order valence-corrected chi connectivity index (χ2v) is 5.46. The molecule has 1 amide bonds. The molecule has 19 heavy (non-hydrogen) atoms. The lowest BCUT2D eigenvalue weighted by atomic mass is 10.0. The molecule has 1 fully saturated rings. The average molecular weight is 305 g/mol. The van der Waals surface area contributed by atoms with Gasteiger partial charge in [0.2, 0.25) is 5.91 Å². The number of hydrogen-bond donors (Lipinski definition) is 2. The minimum atomic E-state index is -0.537. The molecule has 1 aromatic carbocycles. The van der Waals surface area contributed by atoms with Gasteiger partial charge in [0.1, 0.15) is 5.82 Å². The summed E-state index contributed by atoms with van der Waals surface area (Å²) in [4.78, 5) is 12.0. The van der Waals surface area contributed by atoms with E-state index in [9.17, 15) is 9.18 Å². The summed E-state index contributed by atoms with van der Waals surface area (Å²) >= 11 is 11.9. The molecular formula is C13H15Cl2FN2O. The van der Waals surface area contributed by atoms with Crippen LogP contribution in [0.5, 0.6) is 0 Å². The third kappa shape index (κ3) is 3.19. The standard InChI is InChI=1S/C13H15Cl2FN2O/c1-7(18-13(19)8-4-5-17-6-8)11-9(14)2-3-10(16)12(11)15/h2-3,7-8,17H,4-6H2,1H3,(H,18,19). The number of carbonyl (C=O) groups is 1. The van der Waals surface area contributed by atoms with Crippen molar-refractivity contribution in [2.75, 3.05) is 13.1 Å². The van der Waals surface area contributed by atoms with E-state index >= 15 is 0 Å². The van der Waals surface area contributed by atoms with Gasteiger partial charge in [0.15, 0.2) is 0 Å². The third-order valence-corrected chi connectivity index (χ3v) is 4.02. The molecule has 6 heteroatoms. The van der Waals surface area contributed by atoms with Crippen LogP contribution in [0.15, 0.2) is 12.1 Å².